The van der Waals surface area contributed by atoms with Gasteiger partial charge in [0.2, 0.25) is 0 Å². The number of carbonyl (C=O) groups excluding carboxylic acids is 1. The number of esters is 1. The maximum Gasteiger partial charge on any atom is 0.338 e. The fourth-order valence-corrected chi connectivity index (χ4v) is 2.71. The van der Waals surface area contributed by atoms with Crippen molar-refractivity contribution in [1.82, 2.24) is 9.97 Å². The molecular weight excluding hydrogens is 379 g/mol. The molecule has 0 bridgehead atoms. The van der Waals surface area contributed by atoms with E-state index in [9.17, 15) is 4.79 Å². The first-order chi connectivity index (χ1) is 10.2. The molecule has 0 spiro atoms. The van der Waals surface area contributed by atoms with E-state index in [4.69, 9.17) is 4.74 Å². The Labute approximate surface area is 135 Å². The van der Waals surface area contributed by atoms with Crippen LogP contribution in [0.4, 0.5) is 0 Å². The van der Waals surface area contributed by atoms with Gasteiger partial charge in [-0.1, -0.05) is 12.1 Å². The molecule has 0 amide bonds. The molecule has 2 heterocycles. The lowest BCUT2D eigenvalue weighted by atomic mass is 10.0. The van der Waals surface area contributed by atoms with Crippen molar-refractivity contribution in [2.24, 2.45) is 0 Å². The van der Waals surface area contributed by atoms with Crippen LogP contribution in [-0.4, -0.2) is 22.5 Å². The number of fused-ring (bicyclic) bond motifs is 1. The molecule has 2 aromatic heterocycles. The van der Waals surface area contributed by atoms with E-state index in [1.54, 1.807) is 19.1 Å². The second-order valence-corrected chi connectivity index (χ2v) is 5.72. The number of hydrogen-bond donors (Lipinski definition) is 1. The van der Waals surface area contributed by atoms with E-state index in [0.717, 1.165) is 25.7 Å². The first-order valence-corrected chi connectivity index (χ1v) is 7.67. The van der Waals surface area contributed by atoms with E-state index in [1.807, 2.05) is 24.5 Å². The number of nitrogens with zero attached hydrogens (tertiary/aromatic N) is 1. The van der Waals surface area contributed by atoms with Gasteiger partial charge in [0.05, 0.1) is 12.2 Å². The predicted octanol–water partition coefficient (Wildman–Crippen LogP) is 4.01. The van der Waals surface area contributed by atoms with E-state index >= 15 is 0 Å². The molecule has 4 nitrogen and oxygen atoms in total. The number of aromatic nitrogens is 2. The van der Waals surface area contributed by atoms with E-state index in [1.165, 1.54) is 0 Å². The Balaban J connectivity index is 1.95. The summed E-state index contributed by atoms with van der Waals surface area (Å²) in [5.74, 6) is -0.294. The van der Waals surface area contributed by atoms with Gasteiger partial charge in [-0.2, -0.15) is 0 Å². The summed E-state index contributed by atoms with van der Waals surface area (Å²) in [5, 5.41) is 1.10. The number of H-pyrrole nitrogens is 1. The van der Waals surface area contributed by atoms with Crippen molar-refractivity contribution < 1.29 is 9.53 Å². The van der Waals surface area contributed by atoms with E-state index in [2.05, 4.69) is 38.6 Å². The van der Waals surface area contributed by atoms with Crippen molar-refractivity contribution in [3.05, 3.63) is 51.9 Å². The fraction of sp³-hybridized carbons (Fsp3) is 0.125. The molecule has 21 heavy (non-hydrogen) atoms. The molecular formula is C16H13IN2O2. The molecule has 0 saturated heterocycles. The molecule has 3 aromatic rings. The Hall–Kier alpha value is -1.89. The van der Waals surface area contributed by atoms with Gasteiger partial charge in [-0.15, -0.1) is 0 Å². The molecule has 0 radical (unpaired) electrons. The highest BCUT2D eigenvalue weighted by Crippen LogP contribution is 2.25. The smallest absolute Gasteiger partial charge is 0.338 e. The summed E-state index contributed by atoms with van der Waals surface area (Å²) < 4.78 is 6.12. The van der Waals surface area contributed by atoms with E-state index in [0.29, 0.717) is 12.2 Å². The van der Waals surface area contributed by atoms with Gasteiger partial charge >= 0.3 is 5.97 Å². The first kappa shape index (κ1) is 14.1. The van der Waals surface area contributed by atoms with Crippen molar-refractivity contribution in [3.8, 4) is 11.1 Å². The Morgan fingerprint density at radius 3 is 2.76 bits per heavy atom. The number of aromatic amines is 1. The van der Waals surface area contributed by atoms with Crippen LogP contribution in [0.15, 0.2) is 42.7 Å². The van der Waals surface area contributed by atoms with Gasteiger partial charge in [0, 0.05) is 26.9 Å². The number of benzene rings is 1. The molecule has 0 aliphatic rings. The highest BCUT2D eigenvalue weighted by atomic mass is 127. The topological polar surface area (TPSA) is 55.0 Å². The summed E-state index contributed by atoms with van der Waals surface area (Å²) in [6.07, 6.45) is 3.76. The number of rotatable bonds is 3. The SMILES string of the molecule is CCOC(=O)c1ccc(-c2cnc3[nH]cc(I)c3c2)cc1. The van der Waals surface area contributed by atoms with Gasteiger partial charge in [0.25, 0.3) is 0 Å². The molecule has 0 unspecified atom stereocenters. The molecule has 3 rings (SSSR count). The molecule has 0 saturated carbocycles. The third kappa shape index (κ3) is 2.78. The normalized spacial score (nSPS) is 10.8. The maximum absolute atomic E-state index is 11.6. The third-order valence-electron chi connectivity index (χ3n) is 3.21. The lowest BCUT2D eigenvalue weighted by molar-refractivity contribution is 0.0526. The van der Waals surface area contributed by atoms with Crippen molar-refractivity contribution >= 4 is 39.6 Å². The minimum atomic E-state index is -0.294. The van der Waals surface area contributed by atoms with Gasteiger partial charge < -0.3 is 9.72 Å². The van der Waals surface area contributed by atoms with Gasteiger partial charge in [0.15, 0.2) is 0 Å². The highest BCUT2D eigenvalue weighted by Gasteiger charge is 2.08. The van der Waals surface area contributed by atoms with Crippen LogP contribution < -0.4 is 0 Å². The summed E-state index contributed by atoms with van der Waals surface area (Å²) >= 11 is 2.28. The van der Waals surface area contributed by atoms with Gasteiger partial charge in [-0.05, 0) is 53.3 Å². The standard InChI is InChI=1S/C16H13IN2O2/c1-2-21-16(20)11-5-3-10(4-6-11)12-7-13-14(17)9-19-15(13)18-8-12/h3-9H,2H2,1H3,(H,18,19). The highest BCUT2D eigenvalue weighted by molar-refractivity contribution is 14.1. The Morgan fingerprint density at radius 2 is 2.05 bits per heavy atom. The first-order valence-electron chi connectivity index (χ1n) is 6.59. The van der Waals surface area contributed by atoms with Gasteiger partial charge in [0.1, 0.15) is 5.65 Å². The molecule has 106 valence electrons. The largest absolute Gasteiger partial charge is 0.462 e. The van der Waals surface area contributed by atoms with Crippen LogP contribution in [0.2, 0.25) is 0 Å². The average molecular weight is 392 g/mol. The summed E-state index contributed by atoms with van der Waals surface area (Å²) in [7, 11) is 0. The van der Waals surface area contributed by atoms with Crippen molar-refractivity contribution in [2.75, 3.05) is 6.61 Å². The molecule has 0 aliphatic carbocycles. The zero-order valence-electron chi connectivity index (χ0n) is 11.4. The average Bonchev–Trinajstić information content (AvgIpc) is 2.89. The number of hydrogen-bond acceptors (Lipinski definition) is 3. The third-order valence-corrected chi connectivity index (χ3v) is 4.10. The van der Waals surface area contributed by atoms with Crippen LogP contribution in [0, 0.1) is 3.57 Å². The number of nitrogens with one attached hydrogen (secondary N) is 1. The Kier molecular flexibility index (Phi) is 3.92. The fourth-order valence-electron chi connectivity index (χ4n) is 2.14. The Morgan fingerprint density at radius 1 is 1.29 bits per heavy atom. The van der Waals surface area contributed by atoms with E-state index < -0.39 is 0 Å². The molecule has 0 aliphatic heterocycles. The quantitative estimate of drug-likeness (QED) is 0.541. The van der Waals surface area contributed by atoms with Crippen LogP contribution in [0.5, 0.6) is 0 Å². The molecule has 5 heteroatoms. The summed E-state index contributed by atoms with van der Waals surface area (Å²) in [5.41, 5.74) is 3.49. The van der Waals surface area contributed by atoms with Crippen LogP contribution in [0.25, 0.3) is 22.2 Å². The maximum atomic E-state index is 11.6. The zero-order chi connectivity index (χ0) is 14.8. The van der Waals surface area contributed by atoms with Crippen LogP contribution in [-0.2, 0) is 4.74 Å². The van der Waals surface area contributed by atoms with Crippen molar-refractivity contribution in [2.45, 2.75) is 6.92 Å². The van der Waals surface area contributed by atoms with Crippen LogP contribution >= 0.6 is 22.6 Å². The second-order valence-electron chi connectivity index (χ2n) is 4.55. The Bertz CT molecular complexity index is 794. The number of carbonyl (C=O) groups is 1. The van der Waals surface area contributed by atoms with Gasteiger partial charge in [-0.25, -0.2) is 9.78 Å². The van der Waals surface area contributed by atoms with Gasteiger partial charge in [-0.3, -0.25) is 0 Å². The number of ether oxygens (including phenoxy) is 1. The summed E-state index contributed by atoms with van der Waals surface area (Å²) in [4.78, 5) is 19.2. The van der Waals surface area contributed by atoms with E-state index in [-0.39, 0.29) is 5.97 Å². The summed E-state index contributed by atoms with van der Waals surface area (Å²) in [6, 6.07) is 9.47. The molecule has 0 atom stereocenters. The minimum absolute atomic E-state index is 0.294. The lowest BCUT2D eigenvalue weighted by Crippen LogP contribution is -2.03. The molecule has 0 fully saturated rings. The minimum Gasteiger partial charge on any atom is -0.462 e. The summed E-state index contributed by atoms with van der Waals surface area (Å²) in [6.45, 7) is 2.18. The number of pyridine rings is 1. The monoisotopic (exact) mass is 392 g/mol. The number of halogens is 1. The van der Waals surface area contributed by atoms with Crippen LogP contribution in [0.3, 0.4) is 0 Å². The van der Waals surface area contributed by atoms with Crippen molar-refractivity contribution in [1.29, 1.82) is 0 Å². The molecule has 1 N–H and O–H groups in total. The van der Waals surface area contributed by atoms with Crippen LogP contribution in [0.1, 0.15) is 17.3 Å². The molecule has 1 aromatic carbocycles. The lowest BCUT2D eigenvalue weighted by Gasteiger charge is -2.04. The predicted molar refractivity (Wildman–Crippen MR) is 90.2 cm³/mol. The van der Waals surface area contributed by atoms with Crippen molar-refractivity contribution in [3.63, 3.8) is 0 Å². The second kappa shape index (κ2) is 5.85. The zero-order valence-corrected chi connectivity index (χ0v) is 13.5.